The molecular weight excluding hydrogens is 327 g/mol. The highest BCUT2D eigenvalue weighted by atomic mass is 79.9. The lowest BCUT2D eigenvalue weighted by atomic mass is 10.3. The second kappa shape index (κ2) is 6.47. The molecule has 0 unspecified atom stereocenters. The lowest BCUT2D eigenvalue weighted by molar-refractivity contribution is -0.127. The number of nitrogens with one attached hydrogen (secondary N) is 1. The number of nitrogens with zero attached hydrogens (tertiary/aromatic N) is 1. The maximum absolute atomic E-state index is 11.6. The van der Waals surface area contributed by atoms with Crippen molar-refractivity contribution in [1.29, 1.82) is 0 Å². The molecule has 0 aliphatic heterocycles. The Balaban J connectivity index is 2.73. The van der Waals surface area contributed by atoms with Gasteiger partial charge in [0.05, 0.1) is 22.3 Å². The summed E-state index contributed by atoms with van der Waals surface area (Å²) in [5.74, 6) is -0.0115. The van der Waals surface area contributed by atoms with Crippen LogP contribution in [0, 0.1) is 0 Å². The number of likely N-dealkylation sites (N-methyl/N-ethyl adjacent to an activating group) is 1. The van der Waals surface area contributed by atoms with Gasteiger partial charge in [0.2, 0.25) is 5.91 Å². The van der Waals surface area contributed by atoms with E-state index in [-0.39, 0.29) is 12.5 Å². The van der Waals surface area contributed by atoms with E-state index >= 15 is 0 Å². The highest BCUT2D eigenvalue weighted by Crippen LogP contribution is 2.33. The van der Waals surface area contributed by atoms with Gasteiger partial charge in [-0.1, -0.05) is 39.1 Å². The third-order valence-electron chi connectivity index (χ3n) is 2.32. The van der Waals surface area contributed by atoms with Crippen LogP contribution in [0.2, 0.25) is 10.0 Å². The summed E-state index contributed by atoms with van der Waals surface area (Å²) in [7, 11) is 1.74. The normalized spacial score (nSPS) is 10.2. The molecule has 1 amide bonds. The number of carbonyl (C=O) groups excluding carboxylic acids is 1. The Morgan fingerprint density at radius 3 is 2.41 bits per heavy atom. The Morgan fingerprint density at radius 1 is 1.41 bits per heavy atom. The number of anilines is 1. The van der Waals surface area contributed by atoms with Crippen LogP contribution in [0.3, 0.4) is 0 Å². The standard InChI is InChI=1S/C11H13BrCl2N2O/c1-3-16(2)10(17)6-15-11-8(13)4-7(12)5-9(11)14/h4-5,15H,3,6H2,1-2H3. The van der Waals surface area contributed by atoms with E-state index in [4.69, 9.17) is 23.2 Å². The molecule has 0 heterocycles. The summed E-state index contributed by atoms with van der Waals surface area (Å²) in [5.41, 5.74) is 0.578. The first kappa shape index (κ1) is 14.6. The Labute approximate surface area is 119 Å². The van der Waals surface area contributed by atoms with Gasteiger partial charge >= 0.3 is 0 Å². The smallest absolute Gasteiger partial charge is 0.241 e. The van der Waals surface area contributed by atoms with Gasteiger partial charge in [-0.15, -0.1) is 0 Å². The summed E-state index contributed by atoms with van der Waals surface area (Å²) in [6, 6.07) is 3.45. The van der Waals surface area contributed by atoms with Crippen LogP contribution >= 0.6 is 39.1 Å². The maximum atomic E-state index is 11.6. The molecule has 0 spiro atoms. The number of amides is 1. The number of halogens is 3. The van der Waals surface area contributed by atoms with Crippen molar-refractivity contribution in [3.05, 3.63) is 26.7 Å². The summed E-state index contributed by atoms with van der Waals surface area (Å²) in [4.78, 5) is 13.2. The molecule has 1 N–H and O–H groups in total. The topological polar surface area (TPSA) is 32.3 Å². The second-order valence-electron chi connectivity index (χ2n) is 3.51. The molecule has 3 nitrogen and oxygen atoms in total. The van der Waals surface area contributed by atoms with E-state index in [9.17, 15) is 4.79 Å². The van der Waals surface area contributed by atoms with Crippen molar-refractivity contribution in [2.75, 3.05) is 25.5 Å². The molecule has 17 heavy (non-hydrogen) atoms. The van der Waals surface area contributed by atoms with Crippen molar-refractivity contribution >= 4 is 50.7 Å². The zero-order valence-corrected chi connectivity index (χ0v) is 12.7. The Bertz CT molecular complexity index is 403. The summed E-state index contributed by atoms with van der Waals surface area (Å²) >= 11 is 15.3. The molecule has 6 heteroatoms. The SMILES string of the molecule is CCN(C)C(=O)CNc1c(Cl)cc(Br)cc1Cl. The second-order valence-corrected chi connectivity index (χ2v) is 5.24. The Kier molecular flexibility index (Phi) is 5.56. The first-order chi connectivity index (χ1) is 7.95. The van der Waals surface area contributed by atoms with Gasteiger partial charge in [0.1, 0.15) is 0 Å². The van der Waals surface area contributed by atoms with Crippen molar-refractivity contribution in [1.82, 2.24) is 4.90 Å². The zero-order valence-electron chi connectivity index (χ0n) is 9.56. The zero-order chi connectivity index (χ0) is 13.0. The predicted molar refractivity (Wildman–Crippen MR) is 76.0 cm³/mol. The third kappa shape index (κ3) is 4.05. The minimum atomic E-state index is -0.0115. The molecule has 0 atom stereocenters. The van der Waals surface area contributed by atoms with Crippen LogP contribution in [-0.2, 0) is 4.79 Å². The van der Waals surface area contributed by atoms with Gasteiger partial charge in [-0.2, -0.15) is 0 Å². The van der Waals surface area contributed by atoms with Crippen LogP contribution in [0.15, 0.2) is 16.6 Å². The van der Waals surface area contributed by atoms with Gasteiger partial charge in [-0.25, -0.2) is 0 Å². The van der Waals surface area contributed by atoms with Crippen LogP contribution in [0.4, 0.5) is 5.69 Å². The number of hydrogen-bond donors (Lipinski definition) is 1. The van der Waals surface area contributed by atoms with E-state index in [0.717, 1.165) is 4.47 Å². The summed E-state index contributed by atoms with van der Waals surface area (Å²) < 4.78 is 0.801. The molecule has 1 aromatic rings. The van der Waals surface area contributed by atoms with E-state index in [0.29, 0.717) is 22.3 Å². The van der Waals surface area contributed by atoms with Gasteiger partial charge < -0.3 is 10.2 Å². The first-order valence-corrected chi connectivity index (χ1v) is 6.63. The molecule has 0 saturated heterocycles. The van der Waals surface area contributed by atoms with E-state index in [2.05, 4.69) is 21.2 Å². The highest BCUT2D eigenvalue weighted by Gasteiger charge is 2.10. The Morgan fingerprint density at radius 2 is 1.94 bits per heavy atom. The number of hydrogen-bond acceptors (Lipinski definition) is 2. The van der Waals surface area contributed by atoms with Gasteiger partial charge in [-0.3, -0.25) is 4.79 Å². The van der Waals surface area contributed by atoms with Crippen LogP contribution in [0.5, 0.6) is 0 Å². The largest absolute Gasteiger partial charge is 0.374 e. The number of benzene rings is 1. The predicted octanol–water partition coefficient (Wildman–Crippen LogP) is 3.65. The van der Waals surface area contributed by atoms with E-state index < -0.39 is 0 Å². The van der Waals surface area contributed by atoms with E-state index in [1.165, 1.54) is 0 Å². The van der Waals surface area contributed by atoms with Gasteiger partial charge in [-0.05, 0) is 19.1 Å². The minimum absolute atomic E-state index is 0.0115. The Hall–Kier alpha value is -0.450. The van der Waals surface area contributed by atoms with Crippen molar-refractivity contribution in [2.24, 2.45) is 0 Å². The van der Waals surface area contributed by atoms with Crippen LogP contribution in [0.25, 0.3) is 0 Å². The van der Waals surface area contributed by atoms with Crippen LogP contribution < -0.4 is 5.32 Å². The van der Waals surface area contributed by atoms with Crippen LogP contribution in [0.1, 0.15) is 6.92 Å². The molecule has 0 aromatic heterocycles. The monoisotopic (exact) mass is 338 g/mol. The summed E-state index contributed by atoms with van der Waals surface area (Å²) in [5, 5.41) is 3.91. The molecule has 1 rings (SSSR count). The van der Waals surface area contributed by atoms with Crippen LogP contribution in [-0.4, -0.2) is 30.9 Å². The molecule has 94 valence electrons. The fourth-order valence-corrected chi connectivity index (χ4v) is 2.53. The average Bonchev–Trinajstić information content (AvgIpc) is 2.26. The first-order valence-electron chi connectivity index (χ1n) is 5.08. The summed E-state index contributed by atoms with van der Waals surface area (Å²) in [6.07, 6.45) is 0. The third-order valence-corrected chi connectivity index (χ3v) is 3.38. The lowest BCUT2D eigenvalue weighted by Gasteiger charge is -2.16. The lowest BCUT2D eigenvalue weighted by Crippen LogP contribution is -2.31. The number of rotatable bonds is 4. The fraction of sp³-hybridized carbons (Fsp3) is 0.364. The average molecular weight is 340 g/mol. The molecule has 0 aliphatic rings. The molecule has 0 aliphatic carbocycles. The maximum Gasteiger partial charge on any atom is 0.241 e. The van der Waals surface area contributed by atoms with Gasteiger partial charge in [0.15, 0.2) is 0 Å². The van der Waals surface area contributed by atoms with Gasteiger partial charge in [0, 0.05) is 18.1 Å². The fourth-order valence-electron chi connectivity index (χ4n) is 1.19. The van der Waals surface area contributed by atoms with E-state index in [1.807, 2.05) is 6.92 Å². The van der Waals surface area contributed by atoms with Crippen molar-refractivity contribution in [3.8, 4) is 0 Å². The molecule has 0 saturated carbocycles. The summed E-state index contributed by atoms with van der Waals surface area (Å²) in [6.45, 7) is 2.76. The molecule has 0 bridgehead atoms. The van der Waals surface area contributed by atoms with Gasteiger partial charge in [0.25, 0.3) is 0 Å². The van der Waals surface area contributed by atoms with Crippen molar-refractivity contribution in [2.45, 2.75) is 6.92 Å². The van der Waals surface area contributed by atoms with Crippen molar-refractivity contribution in [3.63, 3.8) is 0 Å². The molecule has 0 radical (unpaired) electrons. The molecule has 0 fully saturated rings. The molecule has 1 aromatic carbocycles. The van der Waals surface area contributed by atoms with Crippen molar-refractivity contribution < 1.29 is 4.79 Å². The molecular formula is C11H13BrCl2N2O. The highest BCUT2D eigenvalue weighted by molar-refractivity contribution is 9.10. The quantitative estimate of drug-likeness (QED) is 0.908. The van der Waals surface area contributed by atoms with E-state index in [1.54, 1.807) is 24.1 Å². The minimum Gasteiger partial charge on any atom is -0.374 e. The number of carbonyl (C=O) groups is 1.